The molecule has 19 heavy (non-hydrogen) atoms. The number of nitrogens with zero attached hydrogens (tertiary/aromatic N) is 1. The Morgan fingerprint density at radius 3 is 3.05 bits per heavy atom. The number of nitrogens with one attached hydrogen (secondary N) is 1. The molecule has 0 aromatic heterocycles. The van der Waals surface area contributed by atoms with Crippen molar-refractivity contribution in [2.75, 3.05) is 31.7 Å². The van der Waals surface area contributed by atoms with E-state index < -0.39 is 0 Å². The van der Waals surface area contributed by atoms with Gasteiger partial charge in [-0.3, -0.25) is 4.79 Å². The van der Waals surface area contributed by atoms with Crippen molar-refractivity contribution in [2.45, 2.75) is 25.8 Å². The molecule has 104 valence electrons. The van der Waals surface area contributed by atoms with Gasteiger partial charge < -0.3 is 15.0 Å². The predicted molar refractivity (Wildman–Crippen MR) is 76.5 cm³/mol. The number of carbonyl (C=O) groups is 1. The number of amides is 1. The molecule has 2 rings (SSSR count). The Labute approximate surface area is 114 Å². The van der Waals surface area contributed by atoms with Crippen LogP contribution in [0.1, 0.15) is 18.9 Å². The number of ether oxygens (including phenoxy) is 1. The molecule has 0 fully saturated rings. The van der Waals surface area contributed by atoms with Gasteiger partial charge in [-0.25, -0.2) is 0 Å². The summed E-state index contributed by atoms with van der Waals surface area (Å²) in [4.78, 5) is 13.9. The third-order valence-electron chi connectivity index (χ3n) is 3.56. The SMILES string of the molecule is COCCC(=O)NCCN1c2ccccc2CC1C. The number of fused-ring (bicyclic) bond motifs is 1. The lowest BCUT2D eigenvalue weighted by Crippen LogP contribution is -2.38. The normalized spacial score (nSPS) is 17.4. The Balaban J connectivity index is 1.82. The van der Waals surface area contributed by atoms with Gasteiger partial charge in [0.2, 0.25) is 5.91 Å². The first-order valence-corrected chi connectivity index (χ1v) is 6.82. The maximum atomic E-state index is 11.5. The minimum Gasteiger partial charge on any atom is -0.384 e. The first-order valence-electron chi connectivity index (χ1n) is 6.82. The van der Waals surface area contributed by atoms with Crippen molar-refractivity contribution in [2.24, 2.45) is 0 Å². The van der Waals surface area contributed by atoms with Crippen LogP contribution in [0, 0.1) is 0 Å². The Morgan fingerprint density at radius 2 is 2.26 bits per heavy atom. The third-order valence-corrected chi connectivity index (χ3v) is 3.56. The van der Waals surface area contributed by atoms with Gasteiger partial charge in [0.15, 0.2) is 0 Å². The minimum absolute atomic E-state index is 0.0574. The van der Waals surface area contributed by atoms with Gasteiger partial charge in [0.25, 0.3) is 0 Å². The van der Waals surface area contributed by atoms with Crippen molar-refractivity contribution in [3.63, 3.8) is 0 Å². The molecule has 0 aliphatic carbocycles. The van der Waals surface area contributed by atoms with E-state index in [9.17, 15) is 4.79 Å². The number of hydrogen-bond donors (Lipinski definition) is 1. The summed E-state index contributed by atoms with van der Waals surface area (Å²) in [6.45, 7) is 4.25. The smallest absolute Gasteiger partial charge is 0.222 e. The van der Waals surface area contributed by atoms with Crippen LogP contribution in [0.5, 0.6) is 0 Å². The zero-order valence-electron chi connectivity index (χ0n) is 11.7. The summed E-state index contributed by atoms with van der Waals surface area (Å²) in [6.07, 6.45) is 1.52. The standard InChI is InChI=1S/C15H22N2O2/c1-12-11-13-5-3-4-6-14(13)17(12)9-8-16-15(18)7-10-19-2/h3-6,12H,7-11H2,1-2H3,(H,16,18). The second-order valence-corrected chi connectivity index (χ2v) is 4.97. The number of para-hydroxylation sites is 1. The fraction of sp³-hybridized carbons (Fsp3) is 0.533. The van der Waals surface area contributed by atoms with Crippen molar-refractivity contribution >= 4 is 11.6 Å². The van der Waals surface area contributed by atoms with E-state index in [4.69, 9.17) is 4.74 Å². The molecule has 0 saturated heterocycles. The predicted octanol–water partition coefficient (Wildman–Crippen LogP) is 1.59. The van der Waals surface area contributed by atoms with Crippen molar-refractivity contribution in [1.82, 2.24) is 5.32 Å². The third kappa shape index (κ3) is 3.47. The second-order valence-electron chi connectivity index (χ2n) is 4.97. The zero-order chi connectivity index (χ0) is 13.7. The highest BCUT2D eigenvalue weighted by Crippen LogP contribution is 2.30. The van der Waals surface area contributed by atoms with E-state index in [1.807, 2.05) is 0 Å². The first-order chi connectivity index (χ1) is 9.22. The highest BCUT2D eigenvalue weighted by atomic mass is 16.5. The van der Waals surface area contributed by atoms with E-state index in [0.29, 0.717) is 25.6 Å². The van der Waals surface area contributed by atoms with Crippen LogP contribution in [-0.4, -0.2) is 38.8 Å². The van der Waals surface area contributed by atoms with Crippen molar-refractivity contribution < 1.29 is 9.53 Å². The summed E-state index contributed by atoms with van der Waals surface area (Å²) < 4.78 is 4.88. The highest BCUT2D eigenvalue weighted by molar-refractivity contribution is 5.76. The van der Waals surface area contributed by atoms with Crippen LogP contribution in [-0.2, 0) is 16.0 Å². The summed E-state index contributed by atoms with van der Waals surface area (Å²) in [5, 5.41) is 2.94. The summed E-state index contributed by atoms with van der Waals surface area (Å²) >= 11 is 0. The summed E-state index contributed by atoms with van der Waals surface area (Å²) in [6, 6.07) is 9.00. The molecule has 1 aromatic rings. The quantitative estimate of drug-likeness (QED) is 0.846. The number of anilines is 1. The molecule has 1 unspecified atom stereocenters. The van der Waals surface area contributed by atoms with E-state index in [1.54, 1.807) is 7.11 Å². The second kappa shape index (κ2) is 6.57. The van der Waals surface area contributed by atoms with Gasteiger partial charge in [0.1, 0.15) is 0 Å². The first kappa shape index (κ1) is 13.9. The summed E-state index contributed by atoms with van der Waals surface area (Å²) in [5.74, 6) is 0.0574. The lowest BCUT2D eigenvalue weighted by molar-refractivity contribution is -0.121. The van der Waals surface area contributed by atoms with Crippen LogP contribution in [0.25, 0.3) is 0 Å². The maximum absolute atomic E-state index is 11.5. The molecule has 1 amide bonds. The fourth-order valence-corrected chi connectivity index (χ4v) is 2.57. The minimum atomic E-state index is 0.0574. The van der Waals surface area contributed by atoms with Gasteiger partial charge in [-0.15, -0.1) is 0 Å². The molecule has 1 atom stereocenters. The molecular formula is C15H22N2O2. The van der Waals surface area contributed by atoms with Crippen LogP contribution in [0.3, 0.4) is 0 Å². The molecule has 0 saturated carbocycles. The van der Waals surface area contributed by atoms with E-state index in [0.717, 1.165) is 13.0 Å². The van der Waals surface area contributed by atoms with Gasteiger partial charge in [-0.2, -0.15) is 0 Å². The van der Waals surface area contributed by atoms with E-state index in [-0.39, 0.29) is 5.91 Å². The van der Waals surface area contributed by atoms with Crippen LogP contribution < -0.4 is 10.2 Å². The van der Waals surface area contributed by atoms with E-state index in [1.165, 1.54) is 11.3 Å². The van der Waals surface area contributed by atoms with Gasteiger partial charge in [0, 0.05) is 38.3 Å². The average molecular weight is 262 g/mol. The van der Waals surface area contributed by atoms with Crippen molar-refractivity contribution in [3.05, 3.63) is 29.8 Å². The number of carbonyl (C=O) groups excluding carboxylic acids is 1. The van der Waals surface area contributed by atoms with Crippen LogP contribution in [0.15, 0.2) is 24.3 Å². The van der Waals surface area contributed by atoms with Crippen LogP contribution >= 0.6 is 0 Å². The van der Waals surface area contributed by atoms with Gasteiger partial charge in [0.05, 0.1) is 6.61 Å². The number of rotatable bonds is 6. The molecule has 1 heterocycles. The Hall–Kier alpha value is -1.55. The van der Waals surface area contributed by atoms with E-state index >= 15 is 0 Å². The van der Waals surface area contributed by atoms with Gasteiger partial charge in [-0.1, -0.05) is 18.2 Å². The van der Waals surface area contributed by atoms with E-state index in [2.05, 4.69) is 41.4 Å². The summed E-state index contributed by atoms with van der Waals surface area (Å²) in [7, 11) is 1.61. The monoisotopic (exact) mass is 262 g/mol. The van der Waals surface area contributed by atoms with Crippen LogP contribution in [0.2, 0.25) is 0 Å². The molecular weight excluding hydrogens is 240 g/mol. The average Bonchev–Trinajstić information content (AvgIpc) is 2.73. The molecule has 1 aliphatic rings. The lowest BCUT2D eigenvalue weighted by atomic mass is 10.1. The Kier molecular flexibility index (Phi) is 4.80. The fourth-order valence-electron chi connectivity index (χ4n) is 2.57. The molecule has 1 N–H and O–H groups in total. The van der Waals surface area contributed by atoms with Gasteiger partial charge in [-0.05, 0) is 25.0 Å². The van der Waals surface area contributed by atoms with Crippen molar-refractivity contribution in [1.29, 1.82) is 0 Å². The molecule has 1 aliphatic heterocycles. The molecule has 1 aromatic carbocycles. The number of hydrogen-bond acceptors (Lipinski definition) is 3. The Bertz CT molecular complexity index is 434. The maximum Gasteiger partial charge on any atom is 0.222 e. The topological polar surface area (TPSA) is 41.6 Å². The molecule has 4 nitrogen and oxygen atoms in total. The highest BCUT2D eigenvalue weighted by Gasteiger charge is 2.24. The zero-order valence-corrected chi connectivity index (χ0v) is 11.7. The molecule has 4 heteroatoms. The van der Waals surface area contributed by atoms with Crippen LogP contribution in [0.4, 0.5) is 5.69 Å². The molecule has 0 bridgehead atoms. The summed E-state index contributed by atoms with van der Waals surface area (Å²) in [5.41, 5.74) is 2.71. The Morgan fingerprint density at radius 1 is 1.47 bits per heavy atom. The molecule has 0 spiro atoms. The number of benzene rings is 1. The number of methoxy groups -OCH3 is 1. The van der Waals surface area contributed by atoms with Gasteiger partial charge >= 0.3 is 0 Å². The molecule has 0 radical (unpaired) electrons. The van der Waals surface area contributed by atoms with Crippen molar-refractivity contribution in [3.8, 4) is 0 Å². The largest absolute Gasteiger partial charge is 0.384 e. The lowest BCUT2D eigenvalue weighted by Gasteiger charge is -2.25.